The fourth-order valence-corrected chi connectivity index (χ4v) is 1.37. The van der Waals surface area contributed by atoms with E-state index in [0.717, 1.165) is 6.42 Å². The molecule has 0 radical (unpaired) electrons. The molecule has 0 amide bonds. The maximum absolute atomic E-state index is 11.1. The van der Waals surface area contributed by atoms with Crippen molar-refractivity contribution in [2.75, 3.05) is 0 Å². The van der Waals surface area contributed by atoms with Gasteiger partial charge in [-0.1, -0.05) is 6.92 Å². The molecule has 1 fully saturated rings. The molecule has 1 saturated heterocycles. The Bertz CT molecular complexity index is 155. The molecule has 1 aliphatic rings. The molecule has 1 rings (SSSR count). The van der Waals surface area contributed by atoms with Gasteiger partial charge in [-0.25, -0.2) is 0 Å². The molecule has 0 aromatic heterocycles. The topological polar surface area (TPSA) is 35.5 Å². The van der Waals surface area contributed by atoms with Crippen molar-refractivity contribution >= 4 is 5.97 Å². The second-order valence-electron chi connectivity index (χ2n) is 2.86. The molecule has 3 atom stereocenters. The average molecular weight is 158 g/mol. The van der Waals surface area contributed by atoms with Gasteiger partial charge >= 0.3 is 5.97 Å². The third-order valence-corrected chi connectivity index (χ3v) is 2.00. The van der Waals surface area contributed by atoms with Crippen LogP contribution in [0.3, 0.4) is 0 Å². The van der Waals surface area contributed by atoms with Crippen LogP contribution >= 0.6 is 0 Å². The molecule has 0 N–H and O–H groups in total. The van der Waals surface area contributed by atoms with Gasteiger partial charge < -0.3 is 9.47 Å². The molecule has 0 aromatic carbocycles. The highest BCUT2D eigenvalue weighted by Crippen LogP contribution is 2.21. The average Bonchev–Trinajstić information content (AvgIpc) is 1.85. The van der Waals surface area contributed by atoms with Gasteiger partial charge in [0.2, 0.25) is 0 Å². The monoisotopic (exact) mass is 158 g/mol. The second-order valence-corrected chi connectivity index (χ2v) is 2.86. The molecule has 0 bridgehead atoms. The number of carbonyl (C=O) groups excluding carboxylic acids is 1. The SMILES string of the molecule is CC[C@H]1C(=O)O[C@H](C)O[C@@H]1C. The molecular formula is C8H14O3. The Balaban J connectivity index is 2.59. The first-order chi connectivity index (χ1) is 5.15. The molecule has 0 aromatic rings. The van der Waals surface area contributed by atoms with Crippen molar-refractivity contribution in [2.45, 2.75) is 39.6 Å². The zero-order valence-electron chi connectivity index (χ0n) is 7.16. The summed E-state index contributed by atoms with van der Waals surface area (Å²) in [5.41, 5.74) is 0. The molecular weight excluding hydrogens is 144 g/mol. The van der Waals surface area contributed by atoms with E-state index in [1.54, 1.807) is 6.92 Å². The van der Waals surface area contributed by atoms with E-state index in [4.69, 9.17) is 9.47 Å². The number of hydrogen-bond donors (Lipinski definition) is 0. The zero-order valence-corrected chi connectivity index (χ0v) is 7.16. The van der Waals surface area contributed by atoms with Crippen LogP contribution in [0.4, 0.5) is 0 Å². The Morgan fingerprint density at radius 3 is 2.55 bits per heavy atom. The number of ether oxygens (including phenoxy) is 2. The molecule has 3 nitrogen and oxygen atoms in total. The van der Waals surface area contributed by atoms with Crippen molar-refractivity contribution in [1.29, 1.82) is 0 Å². The molecule has 3 heteroatoms. The van der Waals surface area contributed by atoms with Crippen LogP contribution in [0, 0.1) is 5.92 Å². The quantitative estimate of drug-likeness (QED) is 0.540. The van der Waals surface area contributed by atoms with E-state index in [-0.39, 0.29) is 24.3 Å². The molecule has 0 saturated carbocycles. The Kier molecular flexibility index (Phi) is 2.49. The smallest absolute Gasteiger partial charge is 0.313 e. The Labute approximate surface area is 66.7 Å². The fourth-order valence-electron chi connectivity index (χ4n) is 1.37. The Hall–Kier alpha value is -0.570. The largest absolute Gasteiger partial charge is 0.436 e. The van der Waals surface area contributed by atoms with Crippen molar-refractivity contribution in [1.82, 2.24) is 0 Å². The molecule has 1 heterocycles. The maximum atomic E-state index is 11.1. The minimum Gasteiger partial charge on any atom is -0.436 e. The molecule has 64 valence electrons. The van der Waals surface area contributed by atoms with Gasteiger partial charge in [0.25, 0.3) is 0 Å². The van der Waals surface area contributed by atoms with E-state index in [9.17, 15) is 4.79 Å². The number of hydrogen-bond acceptors (Lipinski definition) is 3. The van der Waals surface area contributed by atoms with E-state index in [2.05, 4.69) is 0 Å². The molecule has 0 unspecified atom stereocenters. The third kappa shape index (κ3) is 1.71. The number of carbonyl (C=O) groups is 1. The maximum Gasteiger partial charge on any atom is 0.313 e. The summed E-state index contributed by atoms with van der Waals surface area (Å²) in [7, 11) is 0. The van der Waals surface area contributed by atoms with E-state index < -0.39 is 0 Å². The van der Waals surface area contributed by atoms with Crippen LogP contribution < -0.4 is 0 Å². The van der Waals surface area contributed by atoms with Gasteiger partial charge in [0.15, 0.2) is 6.29 Å². The highest BCUT2D eigenvalue weighted by atomic mass is 16.7. The molecule has 0 spiro atoms. The zero-order chi connectivity index (χ0) is 8.43. The summed E-state index contributed by atoms with van der Waals surface area (Å²) < 4.78 is 10.2. The predicted octanol–water partition coefficient (Wildman–Crippen LogP) is 1.32. The predicted molar refractivity (Wildman–Crippen MR) is 39.9 cm³/mol. The van der Waals surface area contributed by atoms with E-state index >= 15 is 0 Å². The third-order valence-electron chi connectivity index (χ3n) is 2.00. The van der Waals surface area contributed by atoms with Crippen LogP contribution in [-0.2, 0) is 14.3 Å². The first-order valence-corrected chi connectivity index (χ1v) is 4.01. The van der Waals surface area contributed by atoms with E-state index in [1.807, 2.05) is 13.8 Å². The minimum absolute atomic E-state index is 0.00347. The summed E-state index contributed by atoms with van der Waals surface area (Å²) in [6.07, 6.45) is 0.406. The van der Waals surface area contributed by atoms with Gasteiger partial charge in [0, 0.05) is 0 Å². The summed E-state index contributed by atoms with van der Waals surface area (Å²) in [5.74, 6) is -0.204. The lowest BCUT2D eigenvalue weighted by molar-refractivity contribution is -0.221. The highest BCUT2D eigenvalue weighted by Gasteiger charge is 2.33. The second kappa shape index (κ2) is 3.22. The van der Waals surface area contributed by atoms with Gasteiger partial charge in [-0.3, -0.25) is 4.79 Å². The van der Waals surface area contributed by atoms with Crippen LogP contribution in [0.1, 0.15) is 27.2 Å². The van der Waals surface area contributed by atoms with E-state index in [1.165, 1.54) is 0 Å². The normalized spacial score (nSPS) is 38.5. The summed E-state index contributed by atoms with van der Waals surface area (Å²) >= 11 is 0. The highest BCUT2D eigenvalue weighted by molar-refractivity contribution is 5.73. The summed E-state index contributed by atoms with van der Waals surface area (Å²) in [4.78, 5) is 11.1. The lowest BCUT2D eigenvalue weighted by atomic mass is 10.0. The Morgan fingerprint density at radius 1 is 1.45 bits per heavy atom. The van der Waals surface area contributed by atoms with Crippen molar-refractivity contribution in [3.05, 3.63) is 0 Å². The van der Waals surface area contributed by atoms with Crippen molar-refractivity contribution in [2.24, 2.45) is 5.92 Å². The number of cyclic esters (lactones) is 1. The summed E-state index contributed by atoms with van der Waals surface area (Å²) in [5, 5.41) is 0. The lowest BCUT2D eigenvalue weighted by Crippen LogP contribution is -2.40. The van der Waals surface area contributed by atoms with Crippen LogP contribution in [0.2, 0.25) is 0 Å². The number of esters is 1. The minimum atomic E-state index is -0.375. The molecule has 11 heavy (non-hydrogen) atoms. The van der Waals surface area contributed by atoms with Crippen molar-refractivity contribution in [3.8, 4) is 0 Å². The van der Waals surface area contributed by atoms with E-state index in [0.29, 0.717) is 0 Å². The van der Waals surface area contributed by atoms with Crippen LogP contribution in [0.15, 0.2) is 0 Å². The lowest BCUT2D eigenvalue weighted by Gasteiger charge is -2.31. The molecule has 0 aliphatic carbocycles. The van der Waals surface area contributed by atoms with Crippen LogP contribution in [0.5, 0.6) is 0 Å². The van der Waals surface area contributed by atoms with Crippen molar-refractivity contribution < 1.29 is 14.3 Å². The first-order valence-electron chi connectivity index (χ1n) is 4.01. The van der Waals surface area contributed by atoms with Crippen molar-refractivity contribution in [3.63, 3.8) is 0 Å². The van der Waals surface area contributed by atoms with Crippen LogP contribution in [0.25, 0.3) is 0 Å². The van der Waals surface area contributed by atoms with Gasteiger partial charge in [0.1, 0.15) is 0 Å². The van der Waals surface area contributed by atoms with Gasteiger partial charge in [-0.2, -0.15) is 0 Å². The standard InChI is InChI=1S/C8H14O3/c1-4-7-5(2)10-6(3)11-8(7)9/h5-7H,4H2,1-3H3/t5-,6-,7-/m1/s1. The summed E-state index contributed by atoms with van der Waals surface area (Å²) in [6, 6.07) is 0. The van der Waals surface area contributed by atoms with Gasteiger partial charge in [0.05, 0.1) is 12.0 Å². The summed E-state index contributed by atoms with van der Waals surface area (Å²) in [6.45, 7) is 5.60. The fraction of sp³-hybridized carbons (Fsp3) is 0.875. The number of rotatable bonds is 1. The van der Waals surface area contributed by atoms with Gasteiger partial charge in [-0.05, 0) is 20.3 Å². The Morgan fingerprint density at radius 2 is 2.09 bits per heavy atom. The molecule has 1 aliphatic heterocycles. The first kappa shape index (κ1) is 8.53. The van der Waals surface area contributed by atoms with Crippen LogP contribution in [-0.4, -0.2) is 18.4 Å². The van der Waals surface area contributed by atoms with Gasteiger partial charge in [-0.15, -0.1) is 0 Å².